The summed E-state index contributed by atoms with van der Waals surface area (Å²) in [7, 11) is 0. The molecule has 2 rings (SSSR count). The quantitative estimate of drug-likeness (QED) is 0.451. The Morgan fingerprint density at radius 1 is 1.69 bits per heavy atom. The number of carbonyl (C=O) groups is 2. The van der Waals surface area contributed by atoms with Gasteiger partial charge in [0.25, 0.3) is 0 Å². The van der Waals surface area contributed by atoms with Gasteiger partial charge in [0.05, 0.1) is 5.41 Å². The zero-order valence-corrected chi connectivity index (χ0v) is 7.10. The van der Waals surface area contributed by atoms with Crippen LogP contribution >= 0.6 is 0 Å². The van der Waals surface area contributed by atoms with Crippen LogP contribution in [0.25, 0.3) is 0 Å². The van der Waals surface area contributed by atoms with E-state index < -0.39 is 17.9 Å². The van der Waals surface area contributed by atoms with Gasteiger partial charge in [0.15, 0.2) is 0 Å². The third kappa shape index (κ3) is 1.71. The molecule has 2 bridgehead atoms. The first-order valence-electron chi connectivity index (χ1n) is 4.13. The lowest BCUT2D eigenvalue weighted by molar-refractivity contribution is -0.283. The zero-order chi connectivity index (χ0) is 9.90. The maximum atomic E-state index is 10.7. The molecule has 0 spiro atoms. The van der Waals surface area contributed by atoms with Gasteiger partial charge >= 0.3 is 5.97 Å². The van der Waals surface area contributed by atoms with Crippen LogP contribution in [0.5, 0.6) is 0 Å². The molecule has 0 saturated heterocycles. The van der Waals surface area contributed by atoms with Crippen LogP contribution in [0, 0.1) is 11.3 Å². The number of fused-ring (bicyclic) bond motifs is 2. The molecule has 4 nitrogen and oxygen atoms in total. The summed E-state index contributed by atoms with van der Waals surface area (Å²) >= 11 is 0. The predicted molar refractivity (Wildman–Crippen MR) is 42.6 cm³/mol. The fraction of sp³-hybridized carbons (Fsp3) is 0.556. The number of carboxylic acid groups (broad SMARTS) is 2. The highest BCUT2D eigenvalue weighted by Crippen LogP contribution is 2.49. The zero-order valence-electron chi connectivity index (χ0n) is 7.10. The van der Waals surface area contributed by atoms with Gasteiger partial charge in [-0.1, -0.05) is 12.2 Å². The van der Waals surface area contributed by atoms with Crippen molar-refractivity contribution in [3.8, 4) is 0 Å². The number of rotatable bonds is 1. The van der Waals surface area contributed by atoms with Crippen molar-refractivity contribution in [3.63, 3.8) is 0 Å². The van der Waals surface area contributed by atoms with Crippen LogP contribution in [-0.4, -0.2) is 17.5 Å². The normalized spacial score (nSPS) is 33.7. The maximum Gasteiger partial charge on any atom is 0.313 e. The third-order valence-electron chi connectivity index (χ3n) is 2.70. The highest BCUT2D eigenvalue weighted by atomic mass is 16.4. The van der Waals surface area contributed by atoms with Crippen molar-refractivity contribution in [3.05, 3.63) is 12.2 Å². The first-order valence-corrected chi connectivity index (χ1v) is 4.13. The Bertz CT molecular complexity index is 246. The lowest BCUT2D eigenvalue weighted by atomic mass is 9.88. The first-order chi connectivity index (χ1) is 6.14. The molecule has 72 valence electrons. The minimum atomic E-state index is -0.635. The Morgan fingerprint density at radius 3 is 2.46 bits per heavy atom. The van der Waals surface area contributed by atoms with Crippen LogP contribution in [-0.2, 0) is 9.59 Å². The number of aliphatic carboxylic acids is 1. The van der Waals surface area contributed by atoms with Crippen LogP contribution in [0.3, 0.4) is 0 Å². The summed E-state index contributed by atoms with van der Waals surface area (Å²) in [5.41, 5.74) is -0.454. The van der Waals surface area contributed by atoms with Crippen molar-refractivity contribution in [2.24, 2.45) is 11.3 Å². The summed E-state index contributed by atoms with van der Waals surface area (Å²) < 4.78 is 0. The van der Waals surface area contributed by atoms with E-state index in [0.717, 1.165) is 19.3 Å². The van der Waals surface area contributed by atoms with Gasteiger partial charge in [-0.25, -0.2) is 0 Å². The lowest BCUT2D eigenvalue weighted by Crippen LogP contribution is -2.23. The molecule has 2 atom stereocenters. The summed E-state index contributed by atoms with van der Waals surface area (Å²) in [6.45, 7) is -0.500. The van der Waals surface area contributed by atoms with E-state index in [1.165, 1.54) is 0 Å². The molecular formula is C9H11O4-. The molecule has 0 aliphatic heterocycles. The van der Waals surface area contributed by atoms with Crippen molar-refractivity contribution >= 4 is 12.4 Å². The molecule has 2 aliphatic carbocycles. The lowest BCUT2D eigenvalue weighted by Gasteiger charge is -2.15. The molecule has 0 radical (unpaired) electrons. The fourth-order valence-corrected chi connectivity index (χ4v) is 2.02. The summed E-state index contributed by atoms with van der Waals surface area (Å²) in [5.74, 6) is -0.0696. The van der Waals surface area contributed by atoms with Crippen LogP contribution in [0.4, 0.5) is 0 Å². The van der Waals surface area contributed by atoms with Gasteiger partial charge in [0.1, 0.15) is 0 Å². The van der Waals surface area contributed by atoms with Crippen LogP contribution in [0.15, 0.2) is 12.2 Å². The Hall–Kier alpha value is -1.32. The number of carbonyl (C=O) groups excluding carboxylic acids is 1. The summed E-state index contributed by atoms with van der Waals surface area (Å²) in [4.78, 5) is 19.0. The SMILES string of the molecule is O=C(O)C12C=CC(CC1)C2.O=C[O-]. The largest absolute Gasteiger partial charge is 0.554 e. The molecule has 1 fully saturated rings. The molecule has 0 aromatic heterocycles. The van der Waals surface area contributed by atoms with Crippen molar-refractivity contribution in [1.82, 2.24) is 0 Å². The topological polar surface area (TPSA) is 77.4 Å². The number of hydrogen-bond donors (Lipinski definition) is 1. The van der Waals surface area contributed by atoms with E-state index in [9.17, 15) is 4.79 Å². The molecule has 1 N–H and O–H groups in total. The average Bonchev–Trinajstić information content (AvgIpc) is 2.65. The summed E-state index contributed by atoms with van der Waals surface area (Å²) in [6, 6.07) is 0. The van der Waals surface area contributed by atoms with Crippen molar-refractivity contribution in [2.75, 3.05) is 0 Å². The minimum Gasteiger partial charge on any atom is -0.554 e. The highest BCUT2D eigenvalue weighted by molar-refractivity contribution is 5.78. The van der Waals surface area contributed by atoms with E-state index in [-0.39, 0.29) is 0 Å². The Kier molecular flexibility index (Phi) is 2.70. The van der Waals surface area contributed by atoms with Crippen molar-refractivity contribution in [1.29, 1.82) is 0 Å². The Balaban J connectivity index is 0.000000251. The van der Waals surface area contributed by atoms with E-state index in [2.05, 4.69) is 6.08 Å². The van der Waals surface area contributed by atoms with Gasteiger partial charge < -0.3 is 15.0 Å². The van der Waals surface area contributed by atoms with Gasteiger partial charge in [0.2, 0.25) is 0 Å². The second kappa shape index (κ2) is 3.60. The predicted octanol–water partition coefficient (Wildman–Crippen LogP) is -0.207. The molecule has 4 heteroatoms. The van der Waals surface area contributed by atoms with E-state index in [0.29, 0.717) is 5.92 Å². The van der Waals surface area contributed by atoms with Gasteiger partial charge in [-0.15, -0.1) is 0 Å². The Morgan fingerprint density at radius 2 is 2.31 bits per heavy atom. The number of allylic oxidation sites excluding steroid dienone is 1. The number of hydrogen-bond acceptors (Lipinski definition) is 3. The molecular weight excluding hydrogens is 172 g/mol. The second-order valence-electron chi connectivity index (χ2n) is 3.42. The molecule has 0 aromatic carbocycles. The fourth-order valence-electron chi connectivity index (χ4n) is 2.02. The molecule has 0 aromatic rings. The smallest absolute Gasteiger partial charge is 0.313 e. The van der Waals surface area contributed by atoms with Gasteiger partial charge in [-0.3, -0.25) is 4.79 Å². The summed E-state index contributed by atoms with van der Waals surface area (Å²) in [5, 5.41) is 17.1. The van der Waals surface area contributed by atoms with Crippen LogP contribution < -0.4 is 5.11 Å². The molecule has 13 heavy (non-hydrogen) atoms. The standard InChI is InChI=1S/C8H10O2.CH2O2/c9-7(10)8-3-1-6(5-8)2-4-8;2-1-3/h1,3,6H,2,4-5H2,(H,9,10);1H,(H,2,3)/p-1. The molecule has 1 saturated carbocycles. The Labute approximate surface area is 75.9 Å². The van der Waals surface area contributed by atoms with Crippen molar-refractivity contribution in [2.45, 2.75) is 19.3 Å². The first kappa shape index (κ1) is 9.77. The van der Waals surface area contributed by atoms with E-state index in [1.54, 1.807) is 0 Å². The maximum absolute atomic E-state index is 10.7. The van der Waals surface area contributed by atoms with Crippen molar-refractivity contribution < 1.29 is 19.8 Å². The molecule has 2 unspecified atom stereocenters. The minimum absolute atomic E-state index is 0.454. The van der Waals surface area contributed by atoms with Gasteiger partial charge in [-0.2, -0.15) is 0 Å². The molecule has 0 heterocycles. The van der Waals surface area contributed by atoms with E-state index >= 15 is 0 Å². The monoisotopic (exact) mass is 183 g/mol. The van der Waals surface area contributed by atoms with Crippen LogP contribution in [0.1, 0.15) is 19.3 Å². The summed E-state index contributed by atoms with van der Waals surface area (Å²) in [6.07, 6.45) is 6.70. The van der Waals surface area contributed by atoms with E-state index in [4.69, 9.17) is 15.0 Å². The highest BCUT2D eigenvalue weighted by Gasteiger charge is 2.46. The number of carboxylic acids is 1. The van der Waals surface area contributed by atoms with E-state index in [1.807, 2.05) is 6.08 Å². The van der Waals surface area contributed by atoms with Gasteiger partial charge in [-0.05, 0) is 25.2 Å². The van der Waals surface area contributed by atoms with Gasteiger partial charge in [0, 0.05) is 6.47 Å². The average molecular weight is 183 g/mol. The van der Waals surface area contributed by atoms with Crippen LogP contribution in [0.2, 0.25) is 0 Å². The molecule has 0 amide bonds. The third-order valence-corrected chi connectivity index (χ3v) is 2.70. The molecule has 2 aliphatic rings. The second-order valence-corrected chi connectivity index (χ2v) is 3.42.